The van der Waals surface area contributed by atoms with Gasteiger partial charge in [0.05, 0.1) is 22.3 Å². The molecule has 4 N–H and O–H groups in total. The quantitative estimate of drug-likeness (QED) is 0.615. The summed E-state index contributed by atoms with van der Waals surface area (Å²) in [6, 6.07) is 7.63. The van der Waals surface area contributed by atoms with Gasteiger partial charge in [-0.05, 0) is 35.4 Å². The van der Waals surface area contributed by atoms with E-state index in [1.165, 1.54) is 36.4 Å². The van der Waals surface area contributed by atoms with Crippen molar-refractivity contribution in [1.29, 1.82) is 0 Å². The topological polar surface area (TPSA) is 149 Å². The van der Waals surface area contributed by atoms with Crippen molar-refractivity contribution in [3.8, 4) is 0 Å². The van der Waals surface area contributed by atoms with Crippen LogP contribution in [-0.2, 0) is 0 Å². The van der Waals surface area contributed by atoms with Crippen LogP contribution in [0.5, 0.6) is 0 Å². The minimum Gasteiger partial charge on any atom is -0.478 e. The summed E-state index contributed by atoms with van der Waals surface area (Å²) < 4.78 is 0. The van der Waals surface area contributed by atoms with Crippen LogP contribution in [0.2, 0.25) is 0 Å². The molecule has 0 radical (unpaired) electrons. The first-order valence-electron chi connectivity index (χ1n) is 7.34. The highest BCUT2D eigenvalue weighted by atomic mass is 16.4. The highest BCUT2D eigenvalue weighted by Crippen LogP contribution is 2.28. The fourth-order valence-corrected chi connectivity index (χ4v) is 2.58. The molecular weight excluding hydrogens is 344 g/mol. The Morgan fingerprint density at radius 2 is 0.923 bits per heavy atom. The van der Waals surface area contributed by atoms with Crippen LogP contribution in [0.15, 0.2) is 36.4 Å². The zero-order chi connectivity index (χ0) is 19.6. The van der Waals surface area contributed by atoms with Gasteiger partial charge in [-0.15, -0.1) is 0 Å². The molecule has 8 heteroatoms. The maximum Gasteiger partial charge on any atom is 0.336 e. The SMILES string of the molecule is CC(c1ccc(C(=O)O)c(C(=O)O)c1)c1ccc(C(=O)O)c(C(=O)O)c1. The predicted octanol–water partition coefficient (Wildman–Crippen LogP) is 2.63. The summed E-state index contributed by atoms with van der Waals surface area (Å²) in [6.45, 7) is 1.67. The first-order valence-corrected chi connectivity index (χ1v) is 7.34. The Morgan fingerprint density at radius 3 is 1.19 bits per heavy atom. The molecular formula is C18H14O8. The van der Waals surface area contributed by atoms with E-state index in [4.69, 9.17) is 10.2 Å². The van der Waals surface area contributed by atoms with E-state index >= 15 is 0 Å². The van der Waals surface area contributed by atoms with Crippen molar-refractivity contribution in [3.05, 3.63) is 69.8 Å². The smallest absolute Gasteiger partial charge is 0.336 e. The third-order valence-corrected chi connectivity index (χ3v) is 4.01. The molecule has 134 valence electrons. The van der Waals surface area contributed by atoms with Crippen LogP contribution in [0.1, 0.15) is 65.4 Å². The molecule has 0 spiro atoms. The van der Waals surface area contributed by atoms with Gasteiger partial charge in [-0.25, -0.2) is 19.2 Å². The third kappa shape index (κ3) is 3.54. The predicted molar refractivity (Wildman–Crippen MR) is 88.2 cm³/mol. The maximum atomic E-state index is 11.3. The first kappa shape index (κ1) is 18.7. The van der Waals surface area contributed by atoms with Gasteiger partial charge in [0.2, 0.25) is 0 Å². The maximum absolute atomic E-state index is 11.3. The summed E-state index contributed by atoms with van der Waals surface area (Å²) in [5, 5.41) is 36.5. The van der Waals surface area contributed by atoms with E-state index < -0.39 is 29.8 Å². The monoisotopic (exact) mass is 358 g/mol. The van der Waals surface area contributed by atoms with Crippen molar-refractivity contribution in [2.45, 2.75) is 12.8 Å². The van der Waals surface area contributed by atoms with E-state index in [0.717, 1.165) is 0 Å². The lowest BCUT2D eigenvalue weighted by Crippen LogP contribution is -2.11. The molecule has 0 saturated carbocycles. The summed E-state index contributed by atoms with van der Waals surface area (Å²) in [5.41, 5.74) is -0.592. The van der Waals surface area contributed by atoms with Gasteiger partial charge in [-0.2, -0.15) is 0 Å². The molecule has 0 amide bonds. The molecule has 26 heavy (non-hydrogen) atoms. The second-order valence-electron chi connectivity index (χ2n) is 5.55. The van der Waals surface area contributed by atoms with Crippen LogP contribution < -0.4 is 0 Å². The normalized spacial score (nSPS) is 10.5. The Labute approximate surface area is 147 Å². The number of hydrogen-bond acceptors (Lipinski definition) is 4. The molecule has 0 heterocycles. The molecule has 0 aliphatic heterocycles. The first-order chi connectivity index (χ1) is 12.1. The van der Waals surface area contributed by atoms with Gasteiger partial charge in [0, 0.05) is 5.92 Å². The Kier molecular flexibility index (Phi) is 5.06. The third-order valence-electron chi connectivity index (χ3n) is 4.01. The molecule has 0 bridgehead atoms. The molecule has 0 atom stereocenters. The van der Waals surface area contributed by atoms with Crippen LogP contribution in [-0.4, -0.2) is 44.3 Å². The minimum atomic E-state index is -1.40. The number of benzene rings is 2. The van der Waals surface area contributed by atoms with Gasteiger partial charge < -0.3 is 20.4 Å². The van der Waals surface area contributed by atoms with Gasteiger partial charge >= 0.3 is 23.9 Å². The van der Waals surface area contributed by atoms with Gasteiger partial charge in [0.1, 0.15) is 0 Å². The Hall–Kier alpha value is -3.68. The molecule has 2 rings (SSSR count). The molecule has 2 aromatic rings. The summed E-state index contributed by atoms with van der Waals surface area (Å²) in [5.74, 6) is -6.04. The molecule has 0 fully saturated rings. The van der Waals surface area contributed by atoms with Crippen LogP contribution in [0.3, 0.4) is 0 Å². The zero-order valence-corrected chi connectivity index (χ0v) is 13.5. The van der Waals surface area contributed by atoms with E-state index in [1.54, 1.807) is 6.92 Å². The lowest BCUT2D eigenvalue weighted by atomic mass is 9.88. The lowest BCUT2D eigenvalue weighted by Gasteiger charge is -2.15. The van der Waals surface area contributed by atoms with Crippen molar-refractivity contribution in [2.24, 2.45) is 0 Å². The summed E-state index contributed by atoms with van der Waals surface area (Å²) >= 11 is 0. The van der Waals surface area contributed by atoms with E-state index in [2.05, 4.69) is 0 Å². The average Bonchev–Trinajstić information content (AvgIpc) is 2.59. The molecule has 0 aliphatic carbocycles. The lowest BCUT2D eigenvalue weighted by molar-refractivity contribution is 0.0651. The summed E-state index contributed by atoms with van der Waals surface area (Å²) in [4.78, 5) is 44.8. The molecule has 0 aromatic heterocycles. The number of carboxylic acids is 4. The van der Waals surface area contributed by atoms with Gasteiger partial charge in [-0.3, -0.25) is 0 Å². The van der Waals surface area contributed by atoms with E-state index in [1.807, 2.05) is 0 Å². The number of hydrogen-bond donors (Lipinski definition) is 4. The number of carbonyl (C=O) groups is 4. The highest BCUT2D eigenvalue weighted by Gasteiger charge is 2.21. The van der Waals surface area contributed by atoms with Crippen LogP contribution in [0.25, 0.3) is 0 Å². The molecule has 0 aliphatic rings. The van der Waals surface area contributed by atoms with E-state index in [0.29, 0.717) is 11.1 Å². The van der Waals surface area contributed by atoms with Crippen molar-refractivity contribution >= 4 is 23.9 Å². The van der Waals surface area contributed by atoms with Crippen LogP contribution >= 0.6 is 0 Å². The zero-order valence-electron chi connectivity index (χ0n) is 13.5. The average molecular weight is 358 g/mol. The van der Waals surface area contributed by atoms with Gasteiger partial charge in [0.15, 0.2) is 0 Å². The standard InChI is InChI=1S/C18H14O8/c1-8(9-2-4-11(15(19)20)13(6-9)17(23)24)10-3-5-12(16(21)22)14(7-10)18(25)26/h2-8H,1H3,(H,19,20)(H,21,22)(H,23,24)(H,25,26). The van der Waals surface area contributed by atoms with Gasteiger partial charge in [-0.1, -0.05) is 19.1 Å². The fraction of sp³-hybridized carbons (Fsp3) is 0.111. The Morgan fingerprint density at radius 1 is 0.615 bits per heavy atom. The second kappa shape index (κ2) is 7.06. The molecule has 0 unspecified atom stereocenters. The van der Waals surface area contributed by atoms with Crippen LogP contribution in [0, 0.1) is 0 Å². The van der Waals surface area contributed by atoms with Crippen molar-refractivity contribution in [2.75, 3.05) is 0 Å². The number of rotatable bonds is 6. The Balaban J connectivity index is 2.54. The highest BCUT2D eigenvalue weighted by molar-refractivity contribution is 6.02. The van der Waals surface area contributed by atoms with Crippen molar-refractivity contribution < 1.29 is 39.6 Å². The largest absolute Gasteiger partial charge is 0.478 e. The molecule has 2 aromatic carbocycles. The number of aromatic carboxylic acids is 4. The number of carboxylic acid groups (broad SMARTS) is 4. The second-order valence-corrected chi connectivity index (χ2v) is 5.55. The van der Waals surface area contributed by atoms with Crippen molar-refractivity contribution in [3.63, 3.8) is 0 Å². The molecule has 8 nitrogen and oxygen atoms in total. The van der Waals surface area contributed by atoms with E-state index in [-0.39, 0.29) is 22.3 Å². The Bertz CT molecular complexity index is 853. The van der Waals surface area contributed by atoms with Crippen LogP contribution in [0.4, 0.5) is 0 Å². The van der Waals surface area contributed by atoms with Gasteiger partial charge in [0.25, 0.3) is 0 Å². The van der Waals surface area contributed by atoms with Crippen molar-refractivity contribution in [1.82, 2.24) is 0 Å². The summed E-state index contributed by atoms with van der Waals surface area (Å²) in [6.07, 6.45) is 0. The summed E-state index contributed by atoms with van der Waals surface area (Å²) in [7, 11) is 0. The van der Waals surface area contributed by atoms with E-state index in [9.17, 15) is 29.4 Å². The molecule has 0 saturated heterocycles. The minimum absolute atomic E-state index is 0.360. The fourth-order valence-electron chi connectivity index (χ4n) is 2.58.